The molecule has 0 bridgehead atoms. The summed E-state index contributed by atoms with van der Waals surface area (Å²) in [4.78, 5) is 11.8. The Balaban J connectivity index is 0.00000208. The Bertz CT molecular complexity index is 976. The lowest BCUT2D eigenvalue weighted by atomic mass is 10.0. The Labute approximate surface area is 146 Å². The lowest BCUT2D eigenvalue weighted by Crippen LogP contribution is -2.14. The Morgan fingerprint density at radius 1 is 1.04 bits per heavy atom. The van der Waals surface area contributed by atoms with Gasteiger partial charge in [-0.25, -0.2) is 13.5 Å². The lowest BCUT2D eigenvalue weighted by Gasteiger charge is -2.11. The van der Waals surface area contributed by atoms with E-state index in [1.54, 1.807) is 18.2 Å². The predicted octanol–water partition coefficient (Wildman–Crippen LogP) is 1.90. The molecule has 0 aliphatic carbocycles. The van der Waals surface area contributed by atoms with Gasteiger partial charge in [0.25, 0.3) is 5.56 Å². The number of halogens is 1. The van der Waals surface area contributed by atoms with Crippen molar-refractivity contribution in [2.24, 2.45) is 0 Å². The highest BCUT2D eigenvalue weighted by Crippen LogP contribution is 2.19. The van der Waals surface area contributed by atoms with Gasteiger partial charge in [-0.2, -0.15) is 5.10 Å². The first-order valence-electron chi connectivity index (χ1n) is 6.99. The molecular weight excluding hydrogens is 350 g/mol. The van der Waals surface area contributed by atoms with Gasteiger partial charge in [0.15, 0.2) is 0 Å². The van der Waals surface area contributed by atoms with E-state index < -0.39 is 10.9 Å². The number of aromatic amines is 1. The summed E-state index contributed by atoms with van der Waals surface area (Å²) in [7, 11) is -1.14. The maximum absolute atomic E-state index is 11.8. The lowest BCUT2D eigenvalue weighted by molar-refractivity contribution is 0.613. The monoisotopic (exact) mass is 365 g/mol. The minimum absolute atomic E-state index is 0. The largest absolute Gasteiger partial charge is 0.275 e. The van der Waals surface area contributed by atoms with Crippen LogP contribution >= 0.6 is 12.4 Å². The zero-order valence-corrected chi connectivity index (χ0v) is 14.5. The molecule has 6 nitrogen and oxygen atoms in total. The number of hydrogen-bond donors (Lipinski definition) is 2. The molecule has 1 aromatic heterocycles. The molecule has 1 N–H and O–H groups in total. The van der Waals surface area contributed by atoms with Crippen molar-refractivity contribution >= 4 is 39.8 Å². The molecule has 3 aromatic rings. The van der Waals surface area contributed by atoms with Crippen LogP contribution in [0.3, 0.4) is 0 Å². The number of thiol groups is 1. The van der Waals surface area contributed by atoms with Gasteiger partial charge in [-0.15, -0.1) is 12.4 Å². The summed E-state index contributed by atoms with van der Waals surface area (Å²) in [6.07, 6.45) is 0.546. The van der Waals surface area contributed by atoms with Crippen LogP contribution in [0.5, 0.6) is 0 Å². The van der Waals surface area contributed by atoms with Crippen molar-refractivity contribution in [1.82, 2.24) is 10.2 Å². The van der Waals surface area contributed by atoms with Gasteiger partial charge in [-0.05, 0) is 23.8 Å². The highest BCUT2D eigenvalue weighted by atomic mass is 35.5. The average molecular weight is 366 g/mol. The molecule has 126 valence electrons. The van der Waals surface area contributed by atoms with Crippen molar-refractivity contribution < 1.29 is 8.42 Å². The summed E-state index contributed by atoms with van der Waals surface area (Å²) in [6, 6.07) is 14.5. The molecule has 1 heterocycles. The number of nitrogens with zero attached hydrogens (tertiary/aromatic N) is 2. The molecule has 0 unspecified atom stereocenters. The maximum atomic E-state index is 11.8. The topological polar surface area (TPSA) is 83.1 Å². The zero-order valence-electron chi connectivity index (χ0n) is 12.8. The van der Waals surface area contributed by atoms with Crippen LogP contribution in [-0.4, -0.2) is 25.7 Å². The summed E-state index contributed by atoms with van der Waals surface area (Å²) >= 11 is 0. The van der Waals surface area contributed by atoms with Crippen LogP contribution in [-0.2, 0) is 17.3 Å². The molecule has 0 saturated heterocycles. The summed E-state index contributed by atoms with van der Waals surface area (Å²) in [6.45, 7) is 0. The van der Waals surface area contributed by atoms with E-state index in [0.717, 1.165) is 16.6 Å². The third kappa shape index (κ3) is 3.58. The molecule has 0 aliphatic rings. The molecule has 2 aromatic carbocycles. The van der Waals surface area contributed by atoms with Crippen molar-refractivity contribution in [3.8, 4) is 0 Å². The smallest absolute Gasteiger partial charge is 0.272 e. The van der Waals surface area contributed by atoms with Crippen LogP contribution in [0, 0.1) is 0 Å². The van der Waals surface area contributed by atoms with Gasteiger partial charge in [0.2, 0.25) is 10.9 Å². The summed E-state index contributed by atoms with van der Waals surface area (Å²) in [5.74, 6) is 0. The normalized spacial score (nSPS) is 10.6. The molecule has 0 fully saturated rings. The number of H-pyrrole nitrogens is 1. The van der Waals surface area contributed by atoms with Crippen LogP contribution in [0.4, 0.5) is 5.69 Å². The quantitative estimate of drug-likeness (QED) is 0.692. The molecule has 0 aliphatic heterocycles. The third-order valence-corrected chi connectivity index (χ3v) is 4.42. The number of hydrogen-bond acceptors (Lipinski definition) is 4. The first kappa shape index (κ1) is 18.0. The van der Waals surface area contributed by atoms with Gasteiger partial charge in [0, 0.05) is 18.9 Å². The van der Waals surface area contributed by atoms with Gasteiger partial charge < -0.3 is 0 Å². The molecule has 24 heavy (non-hydrogen) atoms. The molecule has 0 amide bonds. The Morgan fingerprint density at radius 3 is 2.29 bits per heavy atom. The van der Waals surface area contributed by atoms with Gasteiger partial charge in [-0.1, -0.05) is 30.3 Å². The summed E-state index contributed by atoms with van der Waals surface area (Å²) in [5, 5.41) is 8.08. The van der Waals surface area contributed by atoms with Gasteiger partial charge >= 0.3 is 0 Å². The van der Waals surface area contributed by atoms with Crippen LogP contribution < -0.4 is 9.86 Å². The molecule has 3 rings (SSSR count). The molecule has 8 heteroatoms. The Hall–Kier alpha value is -2.38. The van der Waals surface area contributed by atoms with Crippen LogP contribution in [0.25, 0.3) is 10.8 Å². The number of rotatable bonds is 4. The fraction of sp³-hybridized carbons (Fsp3) is 0.125. The van der Waals surface area contributed by atoms with Gasteiger partial charge in [0.05, 0.1) is 16.8 Å². The molecular formula is C16H16ClN3O3S. The molecule has 0 atom stereocenters. The van der Waals surface area contributed by atoms with Crippen molar-refractivity contribution in [1.29, 1.82) is 0 Å². The van der Waals surface area contributed by atoms with Crippen LogP contribution in [0.2, 0.25) is 0 Å². The van der Waals surface area contributed by atoms with E-state index in [4.69, 9.17) is 0 Å². The van der Waals surface area contributed by atoms with Crippen molar-refractivity contribution in [2.75, 3.05) is 11.4 Å². The maximum Gasteiger partial charge on any atom is 0.272 e. The van der Waals surface area contributed by atoms with Gasteiger partial charge in [0.1, 0.15) is 0 Å². The fourth-order valence-corrected chi connectivity index (χ4v) is 2.75. The number of fused-ring (bicyclic) bond motifs is 1. The number of benzene rings is 2. The summed E-state index contributed by atoms with van der Waals surface area (Å²) < 4.78 is 23.1. The number of nitrogens with one attached hydrogen (secondary N) is 1. The SMILES string of the molecule is CN(c1ccc(Cc2n[nH]c(=O)c3ccccc23)cc1)[SH](=O)=O.Cl. The average Bonchev–Trinajstić information content (AvgIpc) is 2.57. The second kappa shape index (κ2) is 7.46. The second-order valence-corrected chi connectivity index (χ2v) is 6.23. The van der Waals surface area contributed by atoms with Crippen molar-refractivity contribution in [3.63, 3.8) is 0 Å². The molecule has 0 radical (unpaired) electrons. The zero-order chi connectivity index (χ0) is 16.4. The van der Waals surface area contributed by atoms with Crippen molar-refractivity contribution in [3.05, 3.63) is 70.1 Å². The first-order chi connectivity index (χ1) is 11.1. The predicted molar refractivity (Wildman–Crippen MR) is 97.6 cm³/mol. The third-order valence-electron chi connectivity index (χ3n) is 3.70. The second-order valence-electron chi connectivity index (χ2n) is 5.15. The molecule has 0 spiro atoms. The van der Waals surface area contributed by atoms with Gasteiger partial charge in [-0.3, -0.25) is 9.10 Å². The van der Waals surface area contributed by atoms with E-state index >= 15 is 0 Å². The Kier molecular flexibility index (Phi) is 5.58. The highest BCUT2D eigenvalue weighted by Gasteiger charge is 2.08. The minimum atomic E-state index is -2.64. The van der Waals surface area contributed by atoms with E-state index in [-0.39, 0.29) is 18.0 Å². The first-order valence-corrected chi connectivity index (χ1v) is 8.12. The molecule has 0 saturated carbocycles. The Morgan fingerprint density at radius 2 is 1.67 bits per heavy atom. The standard InChI is InChI=1S/C16H15N3O3S.ClH/c1-19(23(21)22)12-8-6-11(7-9-12)10-15-13-4-2-3-5-14(13)16(20)18-17-15;/h2-9,23H,10H2,1H3,(H,18,20);1H. The van der Waals surface area contributed by atoms with Crippen LogP contribution in [0.15, 0.2) is 53.3 Å². The number of anilines is 1. The van der Waals surface area contributed by atoms with E-state index in [2.05, 4.69) is 10.2 Å². The van der Waals surface area contributed by atoms with E-state index in [1.807, 2.05) is 30.3 Å². The summed E-state index contributed by atoms with van der Waals surface area (Å²) in [5.41, 5.74) is 2.15. The van der Waals surface area contributed by atoms with E-state index in [9.17, 15) is 13.2 Å². The van der Waals surface area contributed by atoms with E-state index in [0.29, 0.717) is 17.5 Å². The minimum Gasteiger partial charge on any atom is -0.275 e. The van der Waals surface area contributed by atoms with E-state index in [1.165, 1.54) is 11.4 Å². The number of aromatic nitrogens is 2. The van der Waals surface area contributed by atoms with Crippen molar-refractivity contribution in [2.45, 2.75) is 6.42 Å². The fourth-order valence-electron chi connectivity index (χ4n) is 2.42. The van der Waals surface area contributed by atoms with Crippen LogP contribution in [0.1, 0.15) is 11.3 Å². The highest BCUT2D eigenvalue weighted by molar-refractivity contribution is 7.74.